The molecule has 100 valence electrons. The first-order chi connectivity index (χ1) is 8.30. The van der Waals surface area contributed by atoms with Gasteiger partial charge in [0.25, 0.3) is 0 Å². The van der Waals surface area contributed by atoms with Crippen molar-refractivity contribution in [3.63, 3.8) is 0 Å². The van der Waals surface area contributed by atoms with Crippen molar-refractivity contribution < 1.29 is 0 Å². The highest BCUT2D eigenvalue weighted by Crippen LogP contribution is 2.69. The van der Waals surface area contributed by atoms with E-state index in [9.17, 15) is 0 Å². The van der Waals surface area contributed by atoms with E-state index in [4.69, 9.17) is 0 Å². The molecule has 0 amide bonds. The lowest BCUT2D eigenvalue weighted by molar-refractivity contribution is 0.421. The number of hydrogen-bond donors (Lipinski definition) is 1. The average Bonchev–Trinajstić information content (AvgIpc) is 2.70. The van der Waals surface area contributed by atoms with Crippen LogP contribution in [0.15, 0.2) is 24.3 Å². The largest absolute Gasteiger partial charge is 0.316 e. The van der Waals surface area contributed by atoms with E-state index in [1.807, 2.05) is 0 Å². The van der Waals surface area contributed by atoms with Crippen molar-refractivity contribution in [2.24, 2.45) is 16.7 Å². The highest BCUT2D eigenvalue weighted by Gasteiger charge is 2.66. The maximum atomic E-state index is 3.54. The standard InChI is InChI=1S/C16H24IN/c1-15(2)14(16(15,3)4)13(18-5)10-11-6-8-12(17)9-7-11/h6-9,13-14,18H,10H2,1-5H3. The molecule has 1 aliphatic carbocycles. The lowest BCUT2D eigenvalue weighted by atomic mass is 9.97. The van der Waals surface area contributed by atoms with Crippen LogP contribution < -0.4 is 5.32 Å². The van der Waals surface area contributed by atoms with Gasteiger partial charge in [-0.1, -0.05) is 39.8 Å². The van der Waals surface area contributed by atoms with Crippen molar-refractivity contribution in [2.75, 3.05) is 7.05 Å². The molecule has 1 aliphatic rings. The molecule has 0 radical (unpaired) electrons. The van der Waals surface area contributed by atoms with Gasteiger partial charge in [-0.2, -0.15) is 0 Å². The highest BCUT2D eigenvalue weighted by atomic mass is 127. The first kappa shape index (κ1) is 14.3. The summed E-state index contributed by atoms with van der Waals surface area (Å²) < 4.78 is 1.31. The van der Waals surface area contributed by atoms with Gasteiger partial charge in [0.15, 0.2) is 0 Å². The van der Waals surface area contributed by atoms with E-state index in [-0.39, 0.29) is 0 Å². The molecular formula is C16H24IN. The van der Waals surface area contributed by atoms with Gasteiger partial charge in [0.1, 0.15) is 0 Å². The SMILES string of the molecule is CNC(Cc1ccc(I)cc1)C1C(C)(C)C1(C)C. The molecule has 1 fully saturated rings. The fraction of sp³-hybridized carbons (Fsp3) is 0.625. The predicted octanol–water partition coefficient (Wildman–Crippen LogP) is 4.10. The van der Waals surface area contributed by atoms with Gasteiger partial charge in [0.2, 0.25) is 0 Å². The third-order valence-electron chi connectivity index (χ3n) is 5.27. The summed E-state index contributed by atoms with van der Waals surface area (Å²) in [5, 5.41) is 3.54. The summed E-state index contributed by atoms with van der Waals surface area (Å²) >= 11 is 2.36. The molecule has 0 saturated heterocycles. The first-order valence-electron chi connectivity index (χ1n) is 6.72. The molecule has 0 aliphatic heterocycles. The number of rotatable bonds is 4. The van der Waals surface area contributed by atoms with Crippen molar-refractivity contribution in [3.05, 3.63) is 33.4 Å². The van der Waals surface area contributed by atoms with E-state index in [0.29, 0.717) is 16.9 Å². The van der Waals surface area contributed by atoms with E-state index in [1.165, 1.54) is 9.13 Å². The summed E-state index contributed by atoms with van der Waals surface area (Å²) in [6.45, 7) is 9.59. The van der Waals surface area contributed by atoms with Crippen LogP contribution in [0.4, 0.5) is 0 Å². The zero-order valence-corrected chi connectivity index (χ0v) is 14.2. The third-order valence-corrected chi connectivity index (χ3v) is 5.99. The predicted molar refractivity (Wildman–Crippen MR) is 86.8 cm³/mol. The Labute approximate surface area is 125 Å². The van der Waals surface area contributed by atoms with Gasteiger partial charge in [-0.05, 0) is 70.5 Å². The Bertz CT molecular complexity index is 405. The van der Waals surface area contributed by atoms with E-state index in [1.54, 1.807) is 0 Å². The molecule has 0 heterocycles. The Morgan fingerprint density at radius 1 is 1.11 bits per heavy atom. The molecule has 0 spiro atoms. The second-order valence-corrected chi connectivity index (χ2v) is 7.89. The number of nitrogens with one attached hydrogen (secondary N) is 1. The van der Waals surface area contributed by atoms with E-state index < -0.39 is 0 Å². The lowest BCUT2D eigenvalue weighted by Gasteiger charge is -2.18. The monoisotopic (exact) mass is 357 g/mol. The third kappa shape index (κ3) is 2.34. The van der Waals surface area contributed by atoms with Crippen LogP contribution in [0.2, 0.25) is 0 Å². The highest BCUT2D eigenvalue weighted by molar-refractivity contribution is 14.1. The zero-order valence-electron chi connectivity index (χ0n) is 12.0. The molecule has 1 N–H and O–H groups in total. The number of halogens is 1. The lowest BCUT2D eigenvalue weighted by Crippen LogP contribution is -2.32. The van der Waals surface area contributed by atoms with Crippen molar-refractivity contribution >= 4 is 22.6 Å². The molecule has 2 heteroatoms. The first-order valence-corrected chi connectivity index (χ1v) is 7.80. The fourth-order valence-electron chi connectivity index (χ4n) is 3.51. The normalized spacial score (nSPS) is 22.8. The molecule has 0 aromatic heterocycles. The summed E-state index contributed by atoms with van der Waals surface area (Å²) in [5.41, 5.74) is 2.33. The van der Waals surface area contributed by atoms with Crippen LogP contribution in [0.1, 0.15) is 33.3 Å². The smallest absolute Gasteiger partial charge is 0.0143 e. The maximum absolute atomic E-state index is 3.54. The summed E-state index contributed by atoms with van der Waals surface area (Å²) in [7, 11) is 2.10. The summed E-state index contributed by atoms with van der Waals surface area (Å²) in [5.74, 6) is 0.759. The van der Waals surface area contributed by atoms with Gasteiger partial charge in [-0.3, -0.25) is 0 Å². The molecule has 1 aromatic rings. The van der Waals surface area contributed by atoms with Crippen LogP contribution in [0.5, 0.6) is 0 Å². The fourth-order valence-corrected chi connectivity index (χ4v) is 3.87. The average molecular weight is 357 g/mol. The van der Waals surface area contributed by atoms with E-state index >= 15 is 0 Å². The Hall–Kier alpha value is -0.0900. The van der Waals surface area contributed by atoms with Crippen LogP contribution in [0.3, 0.4) is 0 Å². The number of likely N-dealkylation sites (N-methyl/N-ethyl adjacent to an activating group) is 1. The van der Waals surface area contributed by atoms with Gasteiger partial charge >= 0.3 is 0 Å². The number of hydrogen-bond acceptors (Lipinski definition) is 1. The summed E-state index contributed by atoms with van der Waals surface area (Å²) in [4.78, 5) is 0. The van der Waals surface area contributed by atoms with Crippen molar-refractivity contribution in [3.8, 4) is 0 Å². The van der Waals surface area contributed by atoms with E-state index in [0.717, 1.165) is 12.3 Å². The van der Waals surface area contributed by atoms with Crippen molar-refractivity contribution in [1.82, 2.24) is 5.32 Å². The molecule has 1 unspecified atom stereocenters. The van der Waals surface area contributed by atoms with Gasteiger partial charge < -0.3 is 5.32 Å². The Morgan fingerprint density at radius 3 is 2.00 bits per heavy atom. The second kappa shape index (κ2) is 4.78. The topological polar surface area (TPSA) is 12.0 Å². The summed E-state index contributed by atoms with van der Waals surface area (Å²) in [6.07, 6.45) is 1.13. The minimum atomic E-state index is 0.448. The molecule has 1 atom stereocenters. The minimum Gasteiger partial charge on any atom is -0.316 e. The van der Waals surface area contributed by atoms with Crippen molar-refractivity contribution in [2.45, 2.75) is 40.2 Å². The summed E-state index contributed by atoms with van der Waals surface area (Å²) in [6, 6.07) is 9.50. The van der Waals surface area contributed by atoms with Gasteiger partial charge in [-0.25, -0.2) is 0 Å². The van der Waals surface area contributed by atoms with Crippen LogP contribution in [-0.4, -0.2) is 13.1 Å². The molecular weight excluding hydrogens is 333 g/mol. The Balaban J connectivity index is 2.10. The minimum absolute atomic E-state index is 0.448. The Morgan fingerprint density at radius 2 is 1.61 bits per heavy atom. The maximum Gasteiger partial charge on any atom is 0.0143 e. The molecule has 1 nitrogen and oxygen atoms in total. The molecule has 2 rings (SSSR count). The Kier molecular flexibility index (Phi) is 3.81. The van der Waals surface area contributed by atoms with Gasteiger partial charge in [-0.15, -0.1) is 0 Å². The van der Waals surface area contributed by atoms with Crippen LogP contribution >= 0.6 is 22.6 Å². The van der Waals surface area contributed by atoms with Gasteiger partial charge in [0, 0.05) is 9.61 Å². The zero-order chi connectivity index (χ0) is 13.6. The van der Waals surface area contributed by atoms with Gasteiger partial charge in [0.05, 0.1) is 0 Å². The van der Waals surface area contributed by atoms with Crippen molar-refractivity contribution in [1.29, 1.82) is 0 Å². The molecule has 18 heavy (non-hydrogen) atoms. The van der Waals surface area contributed by atoms with E-state index in [2.05, 4.69) is 86.9 Å². The molecule has 0 bridgehead atoms. The van der Waals surface area contributed by atoms with Crippen LogP contribution in [-0.2, 0) is 6.42 Å². The van der Waals surface area contributed by atoms with Crippen LogP contribution in [0, 0.1) is 20.3 Å². The quantitative estimate of drug-likeness (QED) is 0.800. The molecule has 1 aromatic carbocycles. The number of benzene rings is 1. The van der Waals surface area contributed by atoms with Crippen LogP contribution in [0.25, 0.3) is 0 Å². The second-order valence-electron chi connectivity index (χ2n) is 6.65. The molecule has 1 saturated carbocycles.